The molecule has 1 heterocycles. The third kappa shape index (κ3) is 4.37. The van der Waals surface area contributed by atoms with Gasteiger partial charge in [0.05, 0.1) is 19.3 Å². The van der Waals surface area contributed by atoms with E-state index < -0.39 is 6.55 Å². The minimum Gasteiger partial charge on any atom is -0.382 e. The van der Waals surface area contributed by atoms with Crippen LogP contribution in [0.4, 0.5) is 8.78 Å². The van der Waals surface area contributed by atoms with Gasteiger partial charge < -0.3 is 14.8 Å². The molecule has 0 aromatic carbocycles. The fourth-order valence-electron chi connectivity index (χ4n) is 1.40. The highest BCUT2D eigenvalue weighted by molar-refractivity contribution is 4.92. The smallest absolute Gasteiger partial charge is 0.319 e. The largest absolute Gasteiger partial charge is 0.382 e. The number of imidazole rings is 1. The van der Waals surface area contributed by atoms with Gasteiger partial charge in [-0.2, -0.15) is 8.78 Å². The van der Waals surface area contributed by atoms with Gasteiger partial charge in [-0.15, -0.1) is 0 Å². The fourth-order valence-corrected chi connectivity index (χ4v) is 1.40. The second-order valence-electron chi connectivity index (χ2n) is 3.47. The topological polar surface area (TPSA) is 48.3 Å². The number of nitrogens with one attached hydrogen (secondary N) is 1. The Bertz CT molecular complexity index is 320. The van der Waals surface area contributed by atoms with Crippen molar-refractivity contribution in [3.63, 3.8) is 0 Å². The third-order valence-corrected chi connectivity index (χ3v) is 2.30. The Morgan fingerprint density at radius 1 is 1.47 bits per heavy atom. The summed E-state index contributed by atoms with van der Waals surface area (Å²) in [7, 11) is 3.15. The van der Waals surface area contributed by atoms with Crippen molar-refractivity contribution in [2.45, 2.75) is 19.2 Å². The summed E-state index contributed by atoms with van der Waals surface area (Å²) in [6, 6.07) is 0. The van der Waals surface area contributed by atoms with Crippen LogP contribution in [0.15, 0.2) is 12.4 Å². The lowest BCUT2D eigenvalue weighted by Crippen LogP contribution is -2.32. The zero-order chi connectivity index (χ0) is 12.7. The zero-order valence-electron chi connectivity index (χ0n) is 9.90. The average molecular weight is 249 g/mol. The van der Waals surface area contributed by atoms with Crippen LogP contribution in [0.2, 0.25) is 0 Å². The van der Waals surface area contributed by atoms with Crippen LogP contribution in [-0.4, -0.2) is 43.0 Å². The molecule has 0 aliphatic heterocycles. The molecule has 0 aliphatic carbocycles. The highest BCUT2D eigenvalue weighted by Crippen LogP contribution is 2.11. The fraction of sp³-hybridized carbons (Fsp3) is 0.700. The Morgan fingerprint density at radius 3 is 2.82 bits per heavy atom. The molecule has 17 heavy (non-hydrogen) atoms. The summed E-state index contributed by atoms with van der Waals surface area (Å²) in [6.45, 7) is -1.33. The Labute approximate surface area is 98.7 Å². The van der Waals surface area contributed by atoms with E-state index in [1.807, 2.05) is 0 Å². The maximum absolute atomic E-state index is 12.5. The van der Waals surface area contributed by atoms with Gasteiger partial charge in [0.15, 0.2) is 0 Å². The Kier molecular flexibility index (Phi) is 6.03. The molecule has 7 heteroatoms. The van der Waals surface area contributed by atoms with Gasteiger partial charge in [0.25, 0.3) is 0 Å². The summed E-state index contributed by atoms with van der Waals surface area (Å²) in [6.07, 6.45) is 2.51. The van der Waals surface area contributed by atoms with Crippen molar-refractivity contribution in [2.24, 2.45) is 0 Å². The van der Waals surface area contributed by atoms with Crippen LogP contribution in [0.3, 0.4) is 0 Å². The molecule has 0 saturated heterocycles. The number of hydrogen-bond donors (Lipinski definition) is 1. The van der Waals surface area contributed by atoms with Gasteiger partial charge in [-0.05, 0) is 0 Å². The quantitative estimate of drug-likeness (QED) is 0.747. The summed E-state index contributed by atoms with van der Waals surface area (Å²) in [4.78, 5) is 3.85. The van der Waals surface area contributed by atoms with Gasteiger partial charge in [-0.25, -0.2) is 4.98 Å². The van der Waals surface area contributed by atoms with Crippen molar-refractivity contribution in [2.75, 3.05) is 27.4 Å². The lowest BCUT2D eigenvalue weighted by Gasteiger charge is -2.15. The summed E-state index contributed by atoms with van der Waals surface area (Å²) in [5.74, 6) is 0.298. The van der Waals surface area contributed by atoms with E-state index in [1.165, 1.54) is 12.4 Å². The number of ether oxygens (including phenoxy) is 2. The Morgan fingerprint density at radius 2 is 2.24 bits per heavy atom. The van der Waals surface area contributed by atoms with Crippen molar-refractivity contribution >= 4 is 0 Å². The molecule has 1 atom stereocenters. The molecular formula is C10H17F2N3O2. The van der Waals surface area contributed by atoms with E-state index in [1.54, 1.807) is 14.2 Å². The molecule has 1 N–H and O–H groups in total. The molecule has 0 spiro atoms. The van der Waals surface area contributed by atoms with E-state index in [2.05, 4.69) is 10.3 Å². The first-order chi connectivity index (χ1) is 8.19. The normalized spacial score (nSPS) is 13.2. The molecule has 1 aromatic heterocycles. The van der Waals surface area contributed by atoms with E-state index in [0.717, 1.165) is 4.57 Å². The number of halogens is 2. The number of nitrogens with zero attached hydrogens (tertiary/aromatic N) is 2. The van der Waals surface area contributed by atoms with Gasteiger partial charge in [0, 0.05) is 33.2 Å². The van der Waals surface area contributed by atoms with Gasteiger partial charge in [-0.3, -0.25) is 4.57 Å². The molecule has 0 radical (unpaired) electrons. The first kappa shape index (κ1) is 14.0. The van der Waals surface area contributed by atoms with Gasteiger partial charge in [0.2, 0.25) is 0 Å². The van der Waals surface area contributed by atoms with Crippen molar-refractivity contribution in [3.8, 4) is 0 Å². The lowest BCUT2D eigenvalue weighted by atomic mass is 10.3. The minimum absolute atomic E-state index is 0.102. The van der Waals surface area contributed by atoms with E-state index in [0.29, 0.717) is 19.0 Å². The molecule has 0 aliphatic rings. The zero-order valence-corrected chi connectivity index (χ0v) is 9.90. The molecule has 0 saturated carbocycles. The summed E-state index contributed by atoms with van der Waals surface area (Å²) >= 11 is 0. The van der Waals surface area contributed by atoms with Crippen molar-refractivity contribution in [1.29, 1.82) is 0 Å². The molecule has 1 rings (SSSR count). The van der Waals surface area contributed by atoms with E-state index in [4.69, 9.17) is 9.47 Å². The maximum Gasteiger partial charge on any atom is 0.319 e. The van der Waals surface area contributed by atoms with E-state index in [9.17, 15) is 8.78 Å². The highest BCUT2D eigenvalue weighted by Gasteiger charge is 2.12. The Hall–Kier alpha value is -1.05. The van der Waals surface area contributed by atoms with Crippen LogP contribution < -0.4 is 5.32 Å². The van der Waals surface area contributed by atoms with Crippen molar-refractivity contribution < 1.29 is 18.3 Å². The molecule has 5 nitrogen and oxygen atoms in total. The molecule has 98 valence electrons. The Balaban J connectivity index is 2.37. The third-order valence-electron chi connectivity index (χ3n) is 2.30. The summed E-state index contributed by atoms with van der Waals surface area (Å²) in [5, 5.41) is 3.00. The van der Waals surface area contributed by atoms with Crippen LogP contribution in [0.5, 0.6) is 0 Å². The van der Waals surface area contributed by atoms with Gasteiger partial charge in [0.1, 0.15) is 5.82 Å². The summed E-state index contributed by atoms with van der Waals surface area (Å²) < 4.78 is 35.9. The molecular weight excluding hydrogens is 232 g/mol. The summed E-state index contributed by atoms with van der Waals surface area (Å²) in [5.41, 5.74) is 0. The SMILES string of the molecule is COCC(CNCc1nccn1C(F)F)OC. The molecule has 0 amide bonds. The van der Waals surface area contributed by atoms with Crippen molar-refractivity contribution in [3.05, 3.63) is 18.2 Å². The number of aromatic nitrogens is 2. The van der Waals surface area contributed by atoms with E-state index >= 15 is 0 Å². The minimum atomic E-state index is -2.56. The van der Waals surface area contributed by atoms with Gasteiger partial charge >= 0.3 is 6.55 Å². The lowest BCUT2D eigenvalue weighted by molar-refractivity contribution is 0.0282. The molecule has 0 bridgehead atoms. The standard InChI is InChI=1S/C10H17F2N3O2/c1-16-7-8(17-2)5-13-6-9-14-3-4-15(9)10(11)12/h3-4,8,10,13H,5-7H2,1-2H3. The number of rotatable bonds is 8. The highest BCUT2D eigenvalue weighted by atomic mass is 19.3. The second kappa shape index (κ2) is 7.31. The van der Waals surface area contributed by atoms with Crippen LogP contribution in [0.1, 0.15) is 12.4 Å². The van der Waals surface area contributed by atoms with Crippen molar-refractivity contribution in [1.82, 2.24) is 14.9 Å². The number of hydrogen-bond acceptors (Lipinski definition) is 4. The predicted molar refractivity (Wildman–Crippen MR) is 57.9 cm³/mol. The number of methoxy groups -OCH3 is 2. The van der Waals surface area contributed by atoms with Crippen LogP contribution in [-0.2, 0) is 16.0 Å². The van der Waals surface area contributed by atoms with Crippen LogP contribution >= 0.6 is 0 Å². The van der Waals surface area contributed by atoms with Gasteiger partial charge in [-0.1, -0.05) is 0 Å². The maximum atomic E-state index is 12.5. The predicted octanol–water partition coefficient (Wildman–Crippen LogP) is 1.03. The van der Waals surface area contributed by atoms with Crippen LogP contribution in [0.25, 0.3) is 0 Å². The number of alkyl halides is 2. The monoisotopic (exact) mass is 249 g/mol. The second-order valence-corrected chi connectivity index (χ2v) is 3.47. The first-order valence-corrected chi connectivity index (χ1v) is 5.21. The average Bonchev–Trinajstić information content (AvgIpc) is 2.76. The molecule has 0 fully saturated rings. The first-order valence-electron chi connectivity index (χ1n) is 5.21. The molecule has 1 aromatic rings. The van der Waals surface area contributed by atoms with Crippen LogP contribution in [0, 0.1) is 0 Å². The van der Waals surface area contributed by atoms with E-state index in [-0.39, 0.29) is 12.6 Å². The molecule has 1 unspecified atom stereocenters.